The zero-order valence-electron chi connectivity index (χ0n) is 10.9. The molecule has 0 heterocycles. The van der Waals surface area contributed by atoms with Gasteiger partial charge in [0.15, 0.2) is 0 Å². The van der Waals surface area contributed by atoms with Crippen LogP contribution in [0.25, 0.3) is 0 Å². The first-order chi connectivity index (χ1) is 6.85. The van der Waals surface area contributed by atoms with Crippen LogP contribution < -0.4 is 0 Å². The van der Waals surface area contributed by atoms with Crippen molar-refractivity contribution in [2.45, 2.75) is 65.9 Å². The molecule has 0 aromatic heterocycles. The molecular weight excluding hydrogens is 184 g/mol. The standard InChI is InChI=1S/C14H26O/c1-6-12(2)9-7-8-10-13(3)11-14(4,5)15/h9-10,15H,6-8,11H2,1-5H3/b12-9+,13-10+. The van der Waals surface area contributed by atoms with Gasteiger partial charge in [-0.15, -0.1) is 0 Å². The van der Waals surface area contributed by atoms with Crippen molar-refractivity contribution in [2.75, 3.05) is 0 Å². The highest BCUT2D eigenvalue weighted by Crippen LogP contribution is 2.15. The third-order valence-corrected chi connectivity index (χ3v) is 2.42. The second kappa shape index (κ2) is 6.84. The minimum absolute atomic E-state index is 0.574. The van der Waals surface area contributed by atoms with E-state index in [1.165, 1.54) is 11.1 Å². The van der Waals surface area contributed by atoms with E-state index in [0.29, 0.717) is 0 Å². The van der Waals surface area contributed by atoms with Gasteiger partial charge in [0.2, 0.25) is 0 Å². The van der Waals surface area contributed by atoms with Gasteiger partial charge in [0, 0.05) is 0 Å². The van der Waals surface area contributed by atoms with Gasteiger partial charge in [0.25, 0.3) is 0 Å². The monoisotopic (exact) mass is 210 g/mol. The van der Waals surface area contributed by atoms with E-state index < -0.39 is 5.60 Å². The van der Waals surface area contributed by atoms with E-state index in [0.717, 1.165) is 25.7 Å². The van der Waals surface area contributed by atoms with Crippen LogP contribution in [0.3, 0.4) is 0 Å². The molecule has 0 aromatic carbocycles. The van der Waals surface area contributed by atoms with Gasteiger partial charge in [-0.2, -0.15) is 0 Å². The van der Waals surface area contributed by atoms with Crippen molar-refractivity contribution in [3.8, 4) is 0 Å². The van der Waals surface area contributed by atoms with Gasteiger partial charge >= 0.3 is 0 Å². The highest BCUT2D eigenvalue weighted by atomic mass is 16.3. The van der Waals surface area contributed by atoms with E-state index in [2.05, 4.69) is 32.9 Å². The molecular formula is C14H26O. The zero-order chi connectivity index (χ0) is 11.9. The first kappa shape index (κ1) is 14.4. The topological polar surface area (TPSA) is 20.2 Å². The largest absolute Gasteiger partial charge is 0.390 e. The molecule has 88 valence electrons. The van der Waals surface area contributed by atoms with Gasteiger partial charge in [-0.05, 0) is 53.4 Å². The molecule has 0 aromatic rings. The highest BCUT2D eigenvalue weighted by molar-refractivity contribution is 5.04. The fourth-order valence-electron chi connectivity index (χ4n) is 1.56. The second-order valence-corrected chi connectivity index (χ2v) is 5.02. The molecule has 0 saturated heterocycles. The maximum atomic E-state index is 9.62. The maximum Gasteiger partial charge on any atom is 0.0628 e. The van der Waals surface area contributed by atoms with Crippen LogP contribution in [0.5, 0.6) is 0 Å². The Hall–Kier alpha value is -0.560. The molecule has 0 radical (unpaired) electrons. The van der Waals surface area contributed by atoms with Crippen molar-refractivity contribution in [1.29, 1.82) is 0 Å². The average molecular weight is 210 g/mol. The molecule has 1 N–H and O–H groups in total. The van der Waals surface area contributed by atoms with Crippen molar-refractivity contribution in [3.63, 3.8) is 0 Å². The van der Waals surface area contributed by atoms with Crippen molar-refractivity contribution < 1.29 is 5.11 Å². The van der Waals surface area contributed by atoms with Crippen molar-refractivity contribution >= 4 is 0 Å². The zero-order valence-corrected chi connectivity index (χ0v) is 10.9. The summed E-state index contributed by atoms with van der Waals surface area (Å²) in [4.78, 5) is 0. The molecule has 0 atom stereocenters. The minimum Gasteiger partial charge on any atom is -0.390 e. The molecule has 0 spiro atoms. The molecule has 1 heteroatoms. The van der Waals surface area contributed by atoms with E-state index >= 15 is 0 Å². The Morgan fingerprint density at radius 2 is 1.53 bits per heavy atom. The van der Waals surface area contributed by atoms with Crippen LogP contribution >= 0.6 is 0 Å². The maximum absolute atomic E-state index is 9.62. The van der Waals surface area contributed by atoms with Crippen LogP contribution in [-0.4, -0.2) is 10.7 Å². The van der Waals surface area contributed by atoms with E-state index in [9.17, 15) is 5.11 Å². The molecule has 15 heavy (non-hydrogen) atoms. The number of allylic oxidation sites excluding steroid dienone is 3. The van der Waals surface area contributed by atoms with Crippen LogP contribution in [0, 0.1) is 0 Å². The Morgan fingerprint density at radius 1 is 1.07 bits per heavy atom. The molecule has 0 aliphatic heterocycles. The summed E-state index contributed by atoms with van der Waals surface area (Å²) in [5, 5.41) is 9.62. The van der Waals surface area contributed by atoms with Crippen LogP contribution in [0.15, 0.2) is 23.3 Å². The molecule has 1 nitrogen and oxygen atoms in total. The average Bonchev–Trinajstić information content (AvgIpc) is 2.09. The van der Waals surface area contributed by atoms with Crippen molar-refractivity contribution in [1.82, 2.24) is 0 Å². The smallest absolute Gasteiger partial charge is 0.0628 e. The second-order valence-electron chi connectivity index (χ2n) is 5.02. The number of aliphatic hydroxyl groups is 1. The Labute approximate surface area is 94.9 Å². The molecule has 0 aliphatic rings. The summed E-state index contributed by atoms with van der Waals surface area (Å²) in [7, 11) is 0. The third kappa shape index (κ3) is 9.74. The Morgan fingerprint density at radius 3 is 1.93 bits per heavy atom. The molecule has 0 rings (SSSR count). The van der Waals surface area contributed by atoms with Gasteiger partial charge in [0.05, 0.1) is 5.60 Å². The lowest BCUT2D eigenvalue weighted by Crippen LogP contribution is -2.18. The highest BCUT2D eigenvalue weighted by Gasteiger charge is 2.12. The fraction of sp³-hybridized carbons (Fsp3) is 0.714. The summed E-state index contributed by atoms with van der Waals surface area (Å²) in [6.45, 7) is 10.2. The Balaban J connectivity index is 3.87. The molecule has 0 unspecified atom stereocenters. The lowest BCUT2D eigenvalue weighted by atomic mass is 9.99. The number of hydrogen-bond donors (Lipinski definition) is 1. The van der Waals surface area contributed by atoms with E-state index in [-0.39, 0.29) is 0 Å². The van der Waals surface area contributed by atoms with Gasteiger partial charge < -0.3 is 5.11 Å². The Bertz CT molecular complexity index is 228. The van der Waals surface area contributed by atoms with Gasteiger partial charge in [-0.25, -0.2) is 0 Å². The lowest BCUT2D eigenvalue weighted by molar-refractivity contribution is 0.0809. The van der Waals surface area contributed by atoms with E-state index in [1.54, 1.807) is 0 Å². The van der Waals surface area contributed by atoms with E-state index in [1.807, 2.05) is 13.8 Å². The first-order valence-electron chi connectivity index (χ1n) is 5.89. The summed E-state index contributed by atoms with van der Waals surface area (Å²) in [6.07, 6.45) is 8.64. The van der Waals surface area contributed by atoms with Gasteiger partial charge in [0.1, 0.15) is 0 Å². The van der Waals surface area contributed by atoms with Crippen molar-refractivity contribution in [2.24, 2.45) is 0 Å². The predicted octanol–water partition coefficient (Wildman–Crippen LogP) is 4.23. The summed E-state index contributed by atoms with van der Waals surface area (Å²) < 4.78 is 0. The SMILES string of the molecule is CC/C(C)=C/CC/C=C(\C)CC(C)(C)O. The summed E-state index contributed by atoms with van der Waals surface area (Å²) in [6, 6.07) is 0. The third-order valence-electron chi connectivity index (χ3n) is 2.42. The fourth-order valence-corrected chi connectivity index (χ4v) is 1.56. The van der Waals surface area contributed by atoms with Gasteiger partial charge in [-0.1, -0.05) is 30.2 Å². The van der Waals surface area contributed by atoms with Crippen LogP contribution in [-0.2, 0) is 0 Å². The molecule has 0 fully saturated rings. The molecule has 0 bridgehead atoms. The lowest BCUT2D eigenvalue weighted by Gasteiger charge is -2.17. The Kier molecular flexibility index (Phi) is 6.58. The first-order valence-corrected chi connectivity index (χ1v) is 5.89. The summed E-state index contributed by atoms with van der Waals surface area (Å²) in [5.41, 5.74) is 2.17. The normalized spacial score (nSPS) is 14.5. The van der Waals surface area contributed by atoms with Crippen LogP contribution in [0.4, 0.5) is 0 Å². The quantitative estimate of drug-likeness (QED) is 0.514. The van der Waals surface area contributed by atoms with Crippen LogP contribution in [0.2, 0.25) is 0 Å². The molecule has 0 aliphatic carbocycles. The minimum atomic E-state index is -0.574. The van der Waals surface area contributed by atoms with E-state index in [4.69, 9.17) is 0 Å². The molecule has 0 amide bonds. The van der Waals surface area contributed by atoms with Crippen LogP contribution in [0.1, 0.15) is 60.3 Å². The number of unbranched alkanes of at least 4 members (excludes halogenated alkanes) is 1. The number of hydrogen-bond acceptors (Lipinski definition) is 1. The van der Waals surface area contributed by atoms with Gasteiger partial charge in [-0.3, -0.25) is 0 Å². The number of rotatable bonds is 6. The predicted molar refractivity (Wildman–Crippen MR) is 68.0 cm³/mol. The summed E-state index contributed by atoms with van der Waals surface area (Å²) >= 11 is 0. The van der Waals surface area contributed by atoms with Crippen molar-refractivity contribution in [3.05, 3.63) is 23.3 Å². The molecule has 0 saturated carbocycles. The summed E-state index contributed by atoms with van der Waals surface area (Å²) in [5.74, 6) is 0.